The van der Waals surface area contributed by atoms with Gasteiger partial charge in [0.2, 0.25) is 5.91 Å². The summed E-state index contributed by atoms with van der Waals surface area (Å²) in [5, 5.41) is 3.08. The van der Waals surface area contributed by atoms with Gasteiger partial charge in [-0.2, -0.15) is 4.98 Å². The zero-order valence-electron chi connectivity index (χ0n) is 18.0. The fraction of sp³-hybridized carbons (Fsp3) is 0.440. The van der Waals surface area contributed by atoms with Crippen LogP contribution in [-0.4, -0.2) is 29.8 Å². The quantitative estimate of drug-likeness (QED) is 0.618. The summed E-state index contributed by atoms with van der Waals surface area (Å²) in [6, 6.07) is 14.1. The van der Waals surface area contributed by atoms with Crippen molar-refractivity contribution < 1.29 is 18.7 Å². The van der Waals surface area contributed by atoms with E-state index in [1.54, 1.807) is 0 Å². The Morgan fingerprint density at radius 3 is 2.59 bits per heavy atom. The molecule has 1 spiro atoms. The van der Waals surface area contributed by atoms with Crippen molar-refractivity contribution in [2.75, 3.05) is 23.3 Å². The van der Waals surface area contributed by atoms with E-state index < -0.39 is 5.79 Å². The molecule has 1 N–H and O–H groups in total. The number of hydrogen-bond donors (Lipinski definition) is 1. The second-order valence-corrected chi connectivity index (χ2v) is 9.05. The van der Waals surface area contributed by atoms with Crippen LogP contribution in [0, 0.1) is 5.92 Å². The Bertz CT molecular complexity index is 1110. The van der Waals surface area contributed by atoms with Crippen LogP contribution in [0.1, 0.15) is 44.9 Å². The van der Waals surface area contributed by atoms with E-state index in [0.29, 0.717) is 6.01 Å². The molecule has 3 heterocycles. The molecule has 2 fully saturated rings. The Balaban J connectivity index is 1.07. The van der Waals surface area contributed by atoms with E-state index >= 15 is 0 Å². The lowest BCUT2D eigenvalue weighted by Gasteiger charge is -2.31. The number of rotatable bonds is 3. The van der Waals surface area contributed by atoms with Crippen LogP contribution in [0.5, 0.6) is 11.5 Å². The number of carbonyl (C=O) groups is 1. The third-order valence-corrected chi connectivity index (χ3v) is 6.84. The van der Waals surface area contributed by atoms with Gasteiger partial charge in [-0.1, -0.05) is 18.6 Å². The first-order valence-electron chi connectivity index (χ1n) is 11.6. The Kier molecular flexibility index (Phi) is 4.70. The molecule has 3 aliphatic rings. The van der Waals surface area contributed by atoms with Crippen molar-refractivity contribution in [2.24, 2.45) is 5.92 Å². The SMILES string of the molecule is O=C(Nc1ccc2c(c1)OC1(CCCCC1)O2)C1CCN(c2nc3ccccc3o2)CC1. The molecule has 2 aliphatic heterocycles. The number of para-hydroxylation sites is 2. The van der Waals surface area contributed by atoms with Gasteiger partial charge < -0.3 is 24.1 Å². The smallest absolute Gasteiger partial charge is 0.298 e. The van der Waals surface area contributed by atoms with Gasteiger partial charge in [-0.3, -0.25) is 4.79 Å². The maximum absolute atomic E-state index is 12.9. The van der Waals surface area contributed by atoms with Crippen molar-refractivity contribution in [3.8, 4) is 11.5 Å². The summed E-state index contributed by atoms with van der Waals surface area (Å²) >= 11 is 0. The average molecular weight is 434 g/mol. The van der Waals surface area contributed by atoms with Crippen molar-refractivity contribution in [2.45, 2.75) is 50.7 Å². The minimum absolute atomic E-state index is 0.0364. The number of aromatic nitrogens is 1. The predicted octanol–water partition coefficient (Wildman–Crippen LogP) is 5.11. The van der Waals surface area contributed by atoms with Gasteiger partial charge in [-0.25, -0.2) is 0 Å². The number of carbonyl (C=O) groups excluding carboxylic acids is 1. The van der Waals surface area contributed by atoms with E-state index in [0.717, 1.165) is 79.9 Å². The van der Waals surface area contributed by atoms with Crippen LogP contribution in [0.15, 0.2) is 46.9 Å². The van der Waals surface area contributed by atoms with Crippen molar-refractivity contribution in [1.29, 1.82) is 0 Å². The van der Waals surface area contributed by atoms with E-state index in [9.17, 15) is 4.79 Å². The van der Waals surface area contributed by atoms with Gasteiger partial charge >= 0.3 is 0 Å². The largest absolute Gasteiger partial charge is 0.448 e. The van der Waals surface area contributed by atoms with Gasteiger partial charge in [0.1, 0.15) is 5.52 Å². The van der Waals surface area contributed by atoms with E-state index in [1.807, 2.05) is 42.5 Å². The van der Waals surface area contributed by atoms with Crippen LogP contribution < -0.4 is 19.7 Å². The van der Waals surface area contributed by atoms with E-state index in [2.05, 4.69) is 15.2 Å². The minimum Gasteiger partial charge on any atom is -0.448 e. The third-order valence-electron chi connectivity index (χ3n) is 6.84. The maximum atomic E-state index is 12.9. The highest BCUT2D eigenvalue weighted by Gasteiger charge is 2.42. The number of piperidine rings is 1. The first kappa shape index (κ1) is 19.5. The highest BCUT2D eigenvalue weighted by atomic mass is 16.7. The minimum atomic E-state index is -0.499. The number of nitrogens with one attached hydrogen (secondary N) is 1. The fourth-order valence-corrected chi connectivity index (χ4v) is 5.04. The lowest BCUT2D eigenvalue weighted by atomic mass is 9.94. The summed E-state index contributed by atoms with van der Waals surface area (Å²) in [7, 11) is 0. The summed E-state index contributed by atoms with van der Waals surface area (Å²) in [6.45, 7) is 1.49. The zero-order valence-corrected chi connectivity index (χ0v) is 18.0. The lowest BCUT2D eigenvalue weighted by Crippen LogP contribution is -2.40. The Hall–Kier alpha value is -3.22. The topological polar surface area (TPSA) is 76.8 Å². The van der Waals surface area contributed by atoms with Crippen molar-refractivity contribution >= 4 is 28.7 Å². The Labute approximate surface area is 186 Å². The second kappa shape index (κ2) is 7.73. The van der Waals surface area contributed by atoms with Crippen LogP contribution in [0.2, 0.25) is 0 Å². The molecule has 32 heavy (non-hydrogen) atoms. The van der Waals surface area contributed by atoms with Gasteiger partial charge in [0.15, 0.2) is 17.1 Å². The van der Waals surface area contributed by atoms with Crippen LogP contribution in [0.25, 0.3) is 11.1 Å². The maximum Gasteiger partial charge on any atom is 0.298 e. The number of fused-ring (bicyclic) bond motifs is 2. The third kappa shape index (κ3) is 3.55. The van der Waals surface area contributed by atoms with Crippen LogP contribution in [-0.2, 0) is 4.79 Å². The summed E-state index contributed by atoms with van der Waals surface area (Å²) in [5.41, 5.74) is 2.41. The highest BCUT2D eigenvalue weighted by Crippen LogP contribution is 2.46. The van der Waals surface area contributed by atoms with Crippen molar-refractivity contribution in [3.05, 3.63) is 42.5 Å². The monoisotopic (exact) mass is 433 g/mol. The number of anilines is 2. The molecule has 1 aliphatic carbocycles. The summed E-state index contributed by atoms with van der Waals surface area (Å²) in [4.78, 5) is 19.6. The summed E-state index contributed by atoms with van der Waals surface area (Å²) in [6.07, 6.45) is 6.84. The van der Waals surface area contributed by atoms with Gasteiger partial charge in [-0.15, -0.1) is 0 Å². The highest BCUT2D eigenvalue weighted by molar-refractivity contribution is 5.93. The summed E-state index contributed by atoms with van der Waals surface area (Å²) in [5.74, 6) is 1.02. The summed E-state index contributed by atoms with van der Waals surface area (Å²) < 4.78 is 18.2. The molecular weight excluding hydrogens is 406 g/mol. The van der Waals surface area contributed by atoms with Gasteiger partial charge in [0.25, 0.3) is 11.8 Å². The fourth-order valence-electron chi connectivity index (χ4n) is 5.04. The normalized spacial score (nSPS) is 20.1. The van der Waals surface area contributed by atoms with Gasteiger partial charge in [0.05, 0.1) is 0 Å². The van der Waals surface area contributed by atoms with E-state index in [1.165, 1.54) is 6.42 Å². The molecule has 1 aromatic heterocycles. The van der Waals surface area contributed by atoms with Gasteiger partial charge in [0, 0.05) is 43.6 Å². The number of ether oxygens (including phenoxy) is 2. The predicted molar refractivity (Wildman–Crippen MR) is 121 cm³/mol. The molecule has 7 heteroatoms. The van der Waals surface area contributed by atoms with Crippen LogP contribution in [0.3, 0.4) is 0 Å². The lowest BCUT2D eigenvalue weighted by molar-refractivity contribution is -0.120. The molecule has 0 atom stereocenters. The number of benzene rings is 2. The van der Waals surface area contributed by atoms with Crippen LogP contribution in [0.4, 0.5) is 11.7 Å². The number of oxazole rings is 1. The second-order valence-electron chi connectivity index (χ2n) is 9.05. The molecule has 1 saturated carbocycles. The van der Waals surface area contributed by atoms with E-state index in [-0.39, 0.29) is 11.8 Å². The molecule has 0 unspecified atom stereocenters. The standard InChI is InChI=1S/C25H27N3O4/c29-23(17-10-14-28(15-11-17)24-27-19-6-2-3-7-20(19)30-24)26-18-8-9-21-22(16-18)32-25(31-21)12-4-1-5-13-25/h2-3,6-9,16-17H,1,4-5,10-15H2,(H,26,29). The number of nitrogens with zero attached hydrogens (tertiary/aromatic N) is 2. The van der Waals surface area contributed by atoms with Crippen molar-refractivity contribution in [1.82, 2.24) is 4.98 Å². The molecule has 3 aromatic rings. The molecule has 0 bridgehead atoms. The molecule has 1 amide bonds. The van der Waals surface area contributed by atoms with Gasteiger partial charge in [-0.05, 0) is 49.9 Å². The molecular formula is C25H27N3O4. The van der Waals surface area contributed by atoms with Crippen molar-refractivity contribution in [3.63, 3.8) is 0 Å². The Morgan fingerprint density at radius 2 is 1.78 bits per heavy atom. The Morgan fingerprint density at radius 1 is 1.00 bits per heavy atom. The molecule has 6 rings (SSSR count). The van der Waals surface area contributed by atoms with E-state index in [4.69, 9.17) is 13.9 Å². The first-order valence-corrected chi connectivity index (χ1v) is 11.6. The number of hydrogen-bond acceptors (Lipinski definition) is 6. The molecule has 7 nitrogen and oxygen atoms in total. The zero-order chi connectivity index (χ0) is 21.5. The number of amides is 1. The molecule has 166 valence electrons. The molecule has 2 aromatic carbocycles. The first-order chi connectivity index (χ1) is 15.7. The average Bonchev–Trinajstić information content (AvgIpc) is 3.40. The van der Waals surface area contributed by atoms with Crippen LogP contribution >= 0.6 is 0 Å². The molecule has 0 radical (unpaired) electrons. The molecule has 1 saturated heterocycles.